The lowest BCUT2D eigenvalue weighted by Crippen LogP contribution is -2.03. The third-order valence-electron chi connectivity index (χ3n) is 3.19. The molecule has 0 amide bonds. The average molecular weight is 265 g/mol. The van der Waals surface area contributed by atoms with Crippen LogP contribution in [0.5, 0.6) is 0 Å². The van der Waals surface area contributed by atoms with E-state index >= 15 is 0 Å². The summed E-state index contributed by atoms with van der Waals surface area (Å²) in [5.74, 6) is -0.585. The third kappa shape index (κ3) is 2.18. The van der Waals surface area contributed by atoms with Gasteiger partial charge in [-0.3, -0.25) is 9.78 Å². The predicted octanol–water partition coefficient (Wildman–Crippen LogP) is 3.91. The minimum atomic E-state index is -0.397. The van der Waals surface area contributed by atoms with Gasteiger partial charge in [-0.05, 0) is 42.8 Å². The maximum absolute atomic E-state index is 13.5. The number of aromatic nitrogens is 1. The van der Waals surface area contributed by atoms with Crippen LogP contribution < -0.4 is 0 Å². The Labute approximate surface area is 115 Å². The molecule has 1 aromatic heterocycles. The number of fused-ring (bicyclic) bond motifs is 1. The van der Waals surface area contributed by atoms with Crippen molar-refractivity contribution in [2.45, 2.75) is 6.92 Å². The molecule has 0 N–H and O–H groups in total. The highest BCUT2D eigenvalue weighted by Crippen LogP contribution is 2.21. The van der Waals surface area contributed by atoms with E-state index in [1.54, 1.807) is 37.4 Å². The van der Waals surface area contributed by atoms with Gasteiger partial charge in [0.1, 0.15) is 5.82 Å². The molecule has 0 spiro atoms. The number of ketones is 1. The first-order valence-corrected chi connectivity index (χ1v) is 6.31. The summed E-state index contributed by atoms with van der Waals surface area (Å²) in [6.07, 6.45) is 1.68. The Hall–Kier alpha value is -2.55. The zero-order chi connectivity index (χ0) is 14.1. The van der Waals surface area contributed by atoms with E-state index < -0.39 is 5.82 Å². The molecule has 0 radical (unpaired) electrons. The highest BCUT2D eigenvalue weighted by Gasteiger charge is 2.13. The van der Waals surface area contributed by atoms with Crippen LogP contribution in [-0.2, 0) is 0 Å². The molecule has 0 aliphatic carbocycles. The number of rotatable bonds is 2. The molecule has 3 aromatic rings. The molecule has 0 saturated heterocycles. The zero-order valence-electron chi connectivity index (χ0n) is 10.9. The molecule has 0 bridgehead atoms. The van der Waals surface area contributed by atoms with Gasteiger partial charge >= 0.3 is 0 Å². The molecule has 0 fully saturated rings. The van der Waals surface area contributed by atoms with E-state index in [1.165, 1.54) is 12.1 Å². The number of halogens is 1. The number of hydrogen-bond donors (Lipinski definition) is 0. The average Bonchev–Trinajstić information content (AvgIpc) is 2.45. The van der Waals surface area contributed by atoms with Crippen molar-refractivity contribution in [3.8, 4) is 0 Å². The molecule has 1 heterocycles. The topological polar surface area (TPSA) is 30.0 Å². The van der Waals surface area contributed by atoms with Crippen molar-refractivity contribution in [1.29, 1.82) is 0 Å². The molecule has 2 nitrogen and oxygen atoms in total. The standard InChI is InChI=1S/C17H12FNO/c1-11-8-12(10-13(18)9-11)17(20)15-4-2-6-16-14(15)5-3-7-19-16/h2-10H,1H3. The third-order valence-corrected chi connectivity index (χ3v) is 3.19. The van der Waals surface area contributed by atoms with Crippen LogP contribution >= 0.6 is 0 Å². The van der Waals surface area contributed by atoms with Crippen LogP contribution in [-0.4, -0.2) is 10.8 Å². The molecule has 98 valence electrons. The fraction of sp³-hybridized carbons (Fsp3) is 0.0588. The van der Waals surface area contributed by atoms with Gasteiger partial charge in [-0.15, -0.1) is 0 Å². The Balaban J connectivity index is 2.17. The minimum Gasteiger partial charge on any atom is -0.289 e. The predicted molar refractivity (Wildman–Crippen MR) is 76.3 cm³/mol. The van der Waals surface area contributed by atoms with Crippen LogP contribution in [0.15, 0.2) is 54.7 Å². The van der Waals surface area contributed by atoms with Gasteiger partial charge in [0.2, 0.25) is 0 Å². The SMILES string of the molecule is Cc1cc(F)cc(C(=O)c2cccc3ncccc23)c1. The molecular formula is C17H12FNO. The molecular weight excluding hydrogens is 253 g/mol. The van der Waals surface area contributed by atoms with Crippen molar-refractivity contribution in [2.75, 3.05) is 0 Å². The summed E-state index contributed by atoms with van der Waals surface area (Å²) in [6, 6.07) is 13.4. The van der Waals surface area contributed by atoms with Crippen molar-refractivity contribution >= 4 is 16.7 Å². The first kappa shape index (κ1) is 12.5. The monoisotopic (exact) mass is 265 g/mol. The lowest BCUT2D eigenvalue weighted by molar-refractivity contribution is 0.103. The van der Waals surface area contributed by atoms with Gasteiger partial charge < -0.3 is 0 Å². The quantitative estimate of drug-likeness (QED) is 0.657. The second-order valence-electron chi connectivity index (χ2n) is 4.72. The minimum absolute atomic E-state index is 0.189. The maximum atomic E-state index is 13.5. The summed E-state index contributed by atoms with van der Waals surface area (Å²) in [6.45, 7) is 1.77. The summed E-state index contributed by atoms with van der Waals surface area (Å²) in [4.78, 5) is 16.8. The van der Waals surface area contributed by atoms with Gasteiger partial charge in [0.15, 0.2) is 5.78 Å². The van der Waals surface area contributed by atoms with Gasteiger partial charge in [-0.2, -0.15) is 0 Å². The fourth-order valence-electron chi connectivity index (χ4n) is 2.32. The van der Waals surface area contributed by atoms with E-state index in [4.69, 9.17) is 0 Å². The van der Waals surface area contributed by atoms with E-state index in [0.717, 1.165) is 16.5 Å². The molecule has 3 heteroatoms. The summed E-state index contributed by atoms with van der Waals surface area (Å²) in [7, 11) is 0. The summed E-state index contributed by atoms with van der Waals surface area (Å²) in [5.41, 5.74) is 2.39. The van der Waals surface area contributed by atoms with Gasteiger partial charge in [0.05, 0.1) is 5.52 Å². The van der Waals surface area contributed by atoms with Crippen molar-refractivity contribution in [2.24, 2.45) is 0 Å². The highest BCUT2D eigenvalue weighted by atomic mass is 19.1. The number of aryl methyl sites for hydroxylation is 1. The first-order valence-electron chi connectivity index (χ1n) is 6.31. The Morgan fingerprint density at radius 1 is 1.10 bits per heavy atom. The van der Waals surface area contributed by atoms with Crippen molar-refractivity contribution in [1.82, 2.24) is 4.98 Å². The number of benzene rings is 2. The highest BCUT2D eigenvalue weighted by molar-refractivity contribution is 6.16. The fourth-order valence-corrected chi connectivity index (χ4v) is 2.32. The summed E-state index contributed by atoms with van der Waals surface area (Å²) < 4.78 is 13.5. The molecule has 0 atom stereocenters. The number of pyridine rings is 1. The molecule has 0 unspecified atom stereocenters. The van der Waals surface area contributed by atoms with Crippen LogP contribution in [0.3, 0.4) is 0 Å². The Bertz CT molecular complexity index is 785. The summed E-state index contributed by atoms with van der Waals surface area (Å²) in [5, 5.41) is 0.780. The lowest BCUT2D eigenvalue weighted by Gasteiger charge is -2.06. The van der Waals surface area contributed by atoms with Crippen LogP contribution in [0.2, 0.25) is 0 Å². The van der Waals surface area contributed by atoms with Crippen LogP contribution in [0.1, 0.15) is 21.5 Å². The molecule has 20 heavy (non-hydrogen) atoms. The van der Waals surface area contributed by atoms with E-state index in [1.807, 2.05) is 12.1 Å². The van der Waals surface area contributed by atoms with Gasteiger partial charge in [-0.1, -0.05) is 18.2 Å². The van der Waals surface area contributed by atoms with E-state index in [0.29, 0.717) is 11.1 Å². The van der Waals surface area contributed by atoms with Gasteiger partial charge in [-0.25, -0.2) is 4.39 Å². The van der Waals surface area contributed by atoms with Gasteiger partial charge in [0.25, 0.3) is 0 Å². The number of hydrogen-bond acceptors (Lipinski definition) is 2. The smallest absolute Gasteiger partial charge is 0.193 e. The second kappa shape index (κ2) is 4.85. The second-order valence-corrected chi connectivity index (χ2v) is 4.72. The van der Waals surface area contributed by atoms with Crippen LogP contribution in [0.4, 0.5) is 4.39 Å². The van der Waals surface area contributed by atoms with E-state index in [2.05, 4.69) is 4.98 Å². The zero-order valence-corrected chi connectivity index (χ0v) is 10.9. The number of carbonyl (C=O) groups is 1. The first-order chi connectivity index (χ1) is 9.65. The summed E-state index contributed by atoms with van der Waals surface area (Å²) >= 11 is 0. The van der Waals surface area contributed by atoms with E-state index in [-0.39, 0.29) is 5.78 Å². The van der Waals surface area contributed by atoms with Crippen molar-refractivity contribution in [3.63, 3.8) is 0 Å². The molecule has 2 aromatic carbocycles. The molecule has 0 aliphatic heterocycles. The Morgan fingerprint density at radius 2 is 1.95 bits per heavy atom. The maximum Gasteiger partial charge on any atom is 0.193 e. The Morgan fingerprint density at radius 3 is 2.75 bits per heavy atom. The number of nitrogens with zero attached hydrogens (tertiary/aromatic N) is 1. The lowest BCUT2D eigenvalue weighted by atomic mass is 9.98. The van der Waals surface area contributed by atoms with Crippen molar-refractivity contribution in [3.05, 3.63) is 77.2 Å². The molecule has 0 saturated carbocycles. The number of carbonyl (C=O) groups excluding carboxylic acids is 1. The largest absolute Gasteiger partial charge is 0.289 e. The van der Waals surface area contributed by atoms with Crippen LogP contribution in [0.25, 0.3) is 10.9 Å². The molecule has 0 aliphatic rings. The van der Waals surface area contributed by atoms with Crippen LogP contribution in [0, 0.1) is 12.7 Å². The van der Waals surface area contributed by atoms with Crippen molar-refractivity contribution < 1.29 is 9.18 Å². The van der Waals surface area contributed by atoms with E-state index in [9.17, 15) is 9.18 Å². The normalized spacial score (nSPS) is 10.7. The van der Waals surface area contributed by atoms with Gasteiger partial charge in [0, 0.05) is 22.7 Å². The molecule has 3 rings (SSSR count). The Kier molecular flexibility index (Phi) is 3.03.